The van der Waals surface area contributed by atoms with Crippen molar-refractivity contribution in [3.63, 3.8) is 0 Å². The Morgan fingerprint density at radius 1 is 1.50 bits per heavy atom. The fraction of sp³-hybridized carbons (Fsp3) is 0.417. The zero-order chi connectivity index (χ0) is 12.7. The molecule has 0 bridgehead atoms. The van der Waals surface area contributed by atoms with Crippen molar-refractivity contribution in [2.45, 2.75) is 25.5 Å². The molecule has 3 nitrogen and oxygen atoms in total. The van der Waals surface area contributed by atoms with Gasteiger partial charge in [0.05, 0.1) is 25.7 Å². The molecule has 96 valence electrons. The Balaban J connectivity index is 2.13. The summed E-state index contributed by atoms with van der Waals surface area (Å²) in [6, 6.07) is 1.76. The van der Waals surface area contributed by atoms with Crippen LogP contribution in [0.5, 0.6) is 0 Å². The molecule has 18 heavy (non-hydrogen) atoms. The zero-order valence-corrected chi connectivity index (χ0v) is 12.4. The van der Waals surface area contributed by atoms with Gasteiger partial charge in [-0.15, -0.1) is 0 Å². The van der Waals surface area contributed by atoms with Gasteiger partial charge in [0, 0.05) is 6.61 Å². The third kappa shape index (κ3) is 2.02. The average Bonchev–Trinajstić information content (AvgIpc) is 2.81. The van der Waals surface area contributed by atoms with Gasteiger partial charge in [-0.2, -0.15) is 5.10 Å². The van der Waals surface area contributed by atoms with Crippen LogP contribution in [0.4, 0.5) is 4.39 Å². The zero-order valence-electron chi connectivity index (χ0n) is 9.50. The van der Waals surface area contributed by atoms with Crippen molar-refractivity contribution in [1.29, 1.82) is 0 Å². The lowest BCUT2D eigenvalue weighted by molar-refractivity contribution is -0.0366. The lowest BCUT2D eigenvalue weighted by Crippen LogP contribution is -2.19. The minimum Gasteiger partial charge on any atom is -0.356 e. The second kappa shape index (κ2) is 4.94. The molecule has 1 aromatic carbocycles. The van der Waals surface area contributed by atoms with Crippen LogP contribution < -0.4 is 0 Å². The molecular weight excluding hydrogens is 370 g/mol. The highest BCUT2D eigenvalue weighted by molar-refractivity contribution is 14.1. The summed E-state index contributed by atoms with van der Waals surface area (Å²) in [5.74, 6) is -0.305. The van der Waals surface area contributed by atoms with Gasteiger partial charge in [0.15, 0.2) is 6.23 Å². The van der Waals surface area contributed by atoms with Crippen LogP contribution in [0.1, 0.15) is 25.5 Å². The molecular formula is C12H11ClFIN2O. The van der Waals surface area contributed by atoms with E-state index in [2.05, 4.69) is 5.10 Å². The summed E-state index contributed by atoms with van der Waals surface area (Å²) in [7, 11) is 0. The quantitative estimate of drug-likeness (QED) is 0.549. The summed E-state index contributed by atoms with van der Waals surface area (Å²) in [5.41, 5.74) is 0.699. The normalized spacial score (nSPS) is 20.5. The molecule has 1 fully saturated rings. The molecule has 1 unspecified atom stereocenters. The topological polar surface area (TPSA) is 27.1 Å². The first kappa shape index (κ1) is 12.6. The molecule has 1 aliphatic heterocycles. The average molecular weight is 381 g/mol. The smallest absolute Gasteiger partial charge is 0.150 e. The van der Waals surface area contributed by atoms with Gasteiger partial charge in [0.2, 0.25) is 0 Å². The van der Waals surface area contributed by atoms with E-state index in [0.29, 0.717) is 19.5 Å². The summed E-state index contributed by atoms with van der Waals surface area (Å²) >= 11 is 7.94. The highest BCUT2D eigenvalue weighted by Gasteiger charge is 2.21. The van der Waals surface area contributed by atoms with E-state index in [4.69, 9.17) is 16.3 Å². The molecule has 3 rings (SSSR count). The predicted octanol–water partition coefficient (Wildman–Crippen LogP) is 4.13. The number of nitrogens with zero attached hydrogens (tertiary/aromatic N) is 2. The number of halogens is 3. The molecule has 6 heteroatoms. The third-order valence-corrected chi connectivity index (χ3v) is 4.84. The van der Waals surface area contributed by atoms with Gasteiger partial charge in [-0.1, -0.05) is 11.6 Å². The van der Waals surface area contributed by atoms with E-state index in [0.717, 1.165) is 25.9 Å². The van der Waals surface area contributed by atoms with Crippen molar-refractivity contribution in [1.82, 2.24) is 9.78 Å². The fourth-order valence-electron chi connectivity index (χ4n) is 2.24. The molecule has 1 aliphatic rings. The van der Waals surface area contributed by atoms with Crippen LogP contribution in [0.25, 0.3) is 10.9 Å². The number of hydrogen-bond donors (Lipinski definition) is 0. The Labute approximate surface area is 122 Å². The summed E-state index contributed by atoms with van der Waals surface area (Å²) in [5, 5.41) is 5.16. The van der Waals surface area contributed by atoms with E-state index in [1.165, 1.54) is 0 Å². The summed E-state index contributed by atoms with van der Waals surface area (Å²) in [6.07, 6.45) is 4.52. The molecule has 1 saturated heterocycles. The molecule has 1 aromatic heterocycles. The minimum absolute atomic E-state index is 0.105. The lowest BCUT2D eigenvalue weighted by atomic mass is 10.2. The molecule has 0 aliphatic carbocycles. The third-order valence-electron chi connectivity index (χ3n) is 3.16. The van der Waals surface area contributed by atoms with Crippen LogP contribution in [0.15, 0.2) is 12.3 Å². The number of hydrogen-bond acceptors (Lipinski definition) is 2. The van der Waals surface area contributed by atoms with Crippen molar-refractivity contribution >= 4 is 45.1 Å². The van der Waals surface area contributed by atoms with Gasteiger partial charge in [-0.25, -0.2) is 9.07 Å². The van der Waals surface area contributed by atoms with E-state index < -0.39 is 0 Å². The maximum atomic E-state index is 14.1. The van der Waals surface area contributed by atoms with Crippen molar-refractivity contribution in [3.05, 3.63) is 26.7 Å². The second-order valence-electron chi connectivity index (χ2n) is 4.33. The highest BCUT2D eigenvalue weighted by atomic mass is 127. The van der Waals surface area contributed by atoms with Gasteiger partial charge >= 0.3 is 0 Å². The van der Waals surface area contributed by atoms with Crippen LogP contribution in [0, 0.1) is 9.39 Å². The number of ether oxygens (including phenoxy) is 1. The number of benzene rings is 1. The largest absolute Gasteiger partial charge is 0.356 e. The summed E-state index contributed by atoms with van der Waals surface area (Å²) in [4.78, 5) is 0. The second-order valence-corrected chi connectivity index (χ2v) is 5.82. The minimum atomic E-state index is -0.305. The Hall–Kier alpha value is -0.400. The lowest BCUT2D eigenvalue weighted by Gasteiger charge is -2.23. The Morgan fingerprint density at radius 2 is 2.33 bits per heavy atom. The van der Waals surface area contributed by atoms with E-state index in [1.54, 1.807) is 16.9 Å². The Bertz CT molecular complexity index is 595. The van der Waals surface area contributed by atoms with E-state index in [-0.39, 0.29) is 12.0 Å². The molecule has 2 heterocycles. The van der Waals surface area contributed by atoms with Crippen molar-refractivity contribution < 1.29 is 9.13 Å². The maximum Gasteiger partial charge on any atom is 0.150 e. The molecule has 0 spiro atoms. The van der Waals surface area contributed by atoms with E-state index in [9.17, 15) is 4.39 Å². The predicted molar refractivity (Wildman–Crippen MR) is 76.3 cm³/mol. The Kier molecular flexibility index (Phi) is 3.46. The molecule has 0 radical (unpaired) electrons. The Morgan fingerprint density at radius 3 is 3.06 bits per heavy atom. The van der Waals surface area contributed by atoms with Crippen LogP contribution in [-0.2, 0) is 4.74 Å². The first-order valence-electron chi connectivity index (χ1n) is 5.81. The monoisotopic (exact) mass is 380 g/mol. The molecule has 0 N–H and O–H groups in total. The van der Waals surface area contributed by atoms with Gasteiger partial charge in [0.1, 0.15) is 5.82 Å². The molecule has 0 saturated carbocycles. The van der Waals surface area contributed by atoms with E-state index >= 15 is 0 Å². The standard InChI is InChI=1S/C12H11ClFIN2O/c13-8-5-9-7(11(14)12(8)15)6-16-17(9)10-3-1-2-4-18-10/h5-6,10H,1-4H2. The van der Waals surface area contributed by atoms with Crippen LogP contribution >= 0.6 is 34.2 Å². The molecule has 2 aromatic rings. The SMILES string of the molecule is Fc1c(I)c(Cl)cc2c1cnn2C1CCCCO1. The number of fused-ring (bicyclic) bond motifs is 1. The van der Waals surface area contributed by atoms with Crippen molar-refractivity contribution in [3.8, 4) is 0 Å². The van der Waals surface area contributed by atoms with Crippen LogP contribution in [-0.4, -0.2) is 16.4 Å². The fourth-order valence-corrected chi connectivity index (χ4v) is 2.87. The number of aromatic nitrogens is 2. The van der Waals surface area contributed by atoms with Crippen LogP contribution in [0.2, 0.25) is 5.02 Å². The van der Waals surface area contributed by atoms with Gasteiger partial charge < -0.3 is 4.74 Å². The molecule has 0 amide bonds. The van der Waals surface area contributed by atoms with E-state index in [1.807, 2.05) is 22.6 Å². The van der Waals surface area contributed by atoms with Gasteiger partial charge in [0.25, 0.3) is 0 Å². The summed E-state index contributed by atoms with van der Waals surface area (Å²) in [6.45, 7) is 0.729. The molecule has 1 atom stereocenters. The van der Waals surface area contributed by atoms with Gasteiger partial charge in [-0.05, 0) is 47.9 Å². The highest BCUT2D eigenvalue weighted by Crippen LogP contribution is 2.32. The van der Waals surface area contributed by atoms with Crippen molar-refractivity contribution in [2.75, 3.05) is 6.61 Å². The summed E-state index contributed by atoms with van der Waals surface area (Å²) < 4.78 is 21.9. The maximum absolute atomic E-state index is 14.1. The van der Waals surface area contributed by atoms with Crippen LogP contribution in [0.3, 0.4) is 0 Å². The first-order chi connectivity index (χ1) is 8.68. The van der Waals surface area contributed by atoms with Gasteiger partial charge in [-0.3, -0.25) is 0 Å². The van der Waals surface area contributed by atoms with Crippen molar-refractivity contribution in [2.24, 2.45) is 0 Å². The first-order valence-corrected chi connectivity index (χ1v) is 7.26. The number of rotatable bonds is 1.